The molecule has 6 nitrogen and oxygen atoms in total. The lowest BCUT2D eigenvalue weighted by Crippen LogP contribution is -2.18. The summed E-state index contributed by atoms with van der Waals surface area (Å²) >= 11 is 0. The second kappa shape index (κ2) is 6.37. The highest BCUT2D eigenvalue weighted by Gasteiger charge is 2.01. The summed E-state index contributed by atoms with van der Waals surface area (Å²) in [6.45, 7) is 1.96. The predicted molar refractivity (Wildman–Crippen MR) is 62.4 cm³/mol. The molecule has 0 heterocycles. The number of carbonyl (C=O) groups excluding carboxylic acids is 1. The first-order chi connectivity index (χ1) is 8.17. The van der Waals surface area contributed by atoms with Crippen molar-refractivity contribution in [1.29, 1.82) is 0 Å². The third kappa shape index (κ3) is 4.02. The number of amides is 1. The van der Waals surface area contributed by atoms with Crippen molar-refractivity contribution in [3.63, 3.8) is 0 Å². The second-order valence-electron chi connectivity index (χ2n) is 3.02. The first-order valence-electron chi connectivity index (χ1n) is 5.00. The van der Waals surface area contributed by atoms with E-state index < -0.39 is 6.09 Å². The van der Waals surface area contributed by atoms with E-state index in [0.717, 1.165) is 0 Å². The molecule has 0 fully saturated rings. The van der Waals surface area contributed by atoms with E-state index in [2.05, 4.69) is 15.3 Å². The average molecular weight is 238 g/mol. The van der Waals surface area contributed by atoms with Crippen LogP contribution in [0.1, 0.15) is 12.5 Å². The van der Waals surface area contributed by atoms with Crippen LogP contribution in [0.3, 0.4) is 0 Å². The molecule has 0 aliphatic carbocycles. The monoisotopic (exact) mass is 238 g/mol. The second-order valence-corrected chi connectivity index (χ2v) is 3.02. The van der Waals surface area contributed by atoms with Crippen molar-refractivity contribution in [2.75, 3.05) is 13.7 Å². The minimum absolute atomic E-state index is 0.0419. The predicted octanol–water partition coefficient (Wildman–Crippen LogP) is 1.48. The first-order valence-corrected chi connectivity index (χ1v) is 5.00. The van der Waals surface area contributed by atoms with Gasteiger partial charge in [0.1, 0.15) is 11.5 Å². The first kappa shape index (κ1) is 12.8. The number of phenols is 1. The van der Waals surface area contributed by atoms with Crippen LogP contribution < -0.4 is 10.2 Å². The minimum Gasteiger partial charge on any atom is -0.507 e. The number of carbonyl (C=O) groups is 1. The van der Waals surface area contributed by atoms with Gasteiger partial charge in [-0.1, -0.05) is 0 Å². The molecule has 6 heteroatoms. The van der Waals surface area contributed by atoms with E-state index in [0.29, 0.717) is 11.3 Å². The fourth-order valence-electron chi connectivity index (χ4n) is 1.08. The van der Waals surface area contributed by atoms with Crippen molar-refractivity contribution in [3.05, 3.63) is 23.8 Å². The lowest BCUT2D eigenvalue weighted by atomic mass is 10.2. The summed E-state index contributed by atoms with van der Waals surface area (Å²) in [6.07, 6.45) is 0.653. The maximum absolute atomic E-state index is 10.9. The van der Waals surface area contributed by atoms with Gasteiger partial charge in [-0.3, -0.25) is 0 Å². The lowest BCUT2D eigenvalue weighted by Gasteiger charge is -2.03. The number of hydrazone groups is 1. The van der Waals surface area contributed by atoms with E-state index in [4.69, 9.17) is 4.74 Å². The summed E-state index contributed by atoms with van der Waals surface area (Å²) in [5.41, 5.74) is 2.58. The zero-order chi connectivity index (χ0) is 12.7. The van der Waals surface area contributed by atoms with Crippen molar-refractivity contribution in [2.24, 2.45) is 5.10 Å². The topological polar surface area (TPSA) is 80.2 Å². The molecule has 0 bridgehead atoms. The zero-order valence-corrected chi connectivity index (χ0v) is 9.64. The van der Waals surface area contributed by atoms with Crippen LogP contribution in [0, 0.1) is 0 Å². The van der Waals surface area contributed by atoms with E-state index in [-0.39, 0.29) is 12.4 Å². The van der Waals surface area contributed by atoms with Crippen molar-refractivity contribution in [3.8, 4) is 11.5 Å². The number of nitrogens with zero attached hydrogens (tertiary/aromatic N) is 1. The summed E-state index contributed by atoms with van der Waals surface area (Å²) in [7, 11) is 1.52. The Morgan fingerprint density at radius 1 is 1.59 bits per heavy atom. The number of nitrogens with one attached hydrogen (secondary N) is 1. The molecule has 0 saturated carbocycles. The van der Waals surface area contributed by atoms with Crippen LogP contribution in [0.25, 0.3) is 0 Å². The molecule has 0 aliphatic heterocycles. The van der Waals surface area contributed by atoms with Crippen molar-refractivity contribution in [2.45, 2.75) is 6.92 Å². The summed E-state index contributed by atoms with van der Waals surface area (Å²) in [5, 5.41) is 13.1. The molecule has 1 aromatic rings. The molecular weight excluding hydrogens is 224 g/mol. The molecule has 17 heavy (non-hydrogen) atoms. The highest BCUT2D eigenvalue weighted by atomic mass is 16.5. The molecule has 0 saturated heterocycles. The van der Waals surface area contributed by atoms with E-state index in [9.17, 15) is 9.90 Å². The van der Waals surface area contributed by atoms with E-state index in [1.807, 2.05) is 0 Å². The Morgan fingerprint density at radius 3 is 3.00 bits per heavy atom. The molecule has 0 radical (unpaired) electrons. The van der Waals surface area contributed by atoms with Crippen LogP contribution >= 0.6 is 0 Å². The van der Waals surface area contributed by atoms with Gasteiger partial charge in [0.25, 0.3) is 0 Å². The number of ether oxygens (including phenoxy) is 2. The molecule has 1 aromatic carbocycles. The molecule has 0 unspecified atom stereocenters. The Balaban J connectivity index is 2.67. The molecule has 1 amide bonds. The van der Waals surface area contributed by atoms with Gasteiger partial charge in [0.05, 0.1) is 19.9 Å². The molecular formula is C11H14N2O4. The van der Waals surface area contributed by atoms with Crippen molar-refractivity contribution < 1.29 is 19.4 Å². The van der Waals surface area contributed by atoms with Crippen molar-refractivity contribution >= 4 is 12.3 Å². The van der Waals surface area contributed by atoms with Crippen LogP contribution in [0.4, 0.5) is 4.79 Å². The number of hydrogen-bond donors (Lipinski definition) is 2. The molecule has 2 N–H and O–H groups in total. The molecule has 0 aromatic heterocycles. The molecule has 0 aliphatic rings. The SMILES string of the molecule is CCOC(=O)N/N=C/c1cc(OC)ccc1O. The van der Waals surface area contributed by atoms with Crippen molar-refractivity contribution in [1.82, 2.24) is 5.43 Å². The van der Waals surface area contributed by atoms with Gasteiger partial charge in [-0.05, 0) is 25.1 Å². The summed E-state index contributed by atoms with van der Waals surface area (Å²) < 4.78 is 9.59. The maximum Gasteiger partial charge on any atom is 0.427 e. The van der Waals surface area contributed by atoms with Crippen LogP contribution in [-0.2, 0) is 4.74 Å². The van der Waals surface area contributed by atoms with E-state index in [1.54, 1.807) is 19.1 Å². The smallest absolute Gasteiger partial charge is 0.427 e. The zero-order valence-electron chi connectivity index (χ0n) is 9.64. The molecule has 0 spiro atoms. The van der Waals surface area contributed by atoms with Gasteiger partial charge in [0, 0.05) is 5.56 Å². The van der Waals surface area contributed by atoms with Gasteiger partial charge < -0.3 is 14.6 Å². The lowest BCUT2D eigenvalue weighted by molar-refractivity contribution is 0.152. The van der Waals surface area contributed by atoms with E-state index >= 15 is 0 Å². The quantitative estimate of drug-likeness (QED) is 0.615. The highest BCUT2D eigenvalue weighted by molar-refractivity contribution is 5.84. The van der Waals surface area contributed by atoms with Crippen LogP contribution in [0.5, 0.6) is 11.5 Å². The van der Waals surface area contributed by atoms with Crippen LogP contribution in [0.15, 0.2) is 23.3 Å². The fraction of sp³-hybridized carbons (Fsp3) is 0.273. The number of rotatable bonds is 4. The normalized spacial score (nSPS) is 10.2. The summed E-state index contributed by atoms with van der Waals surface area (Å²) in [6, 6.07) is 4.68. The number of methoxy groups -OCH3 is 1. The Kier molecular flexibility index (Phi) is 4.80. The van der Waals surface area contributed by atoms with Crippen LogP contribution in [0.2, 0.25) is 0 Å². The molecule has 0 atom stereocenters. The summed E-state index contributed by atoms with van der Waals surface area (Å²) in [4.78, 5) is 10.9. The number of aromatic hydroxyl groups is 1. The molecule has 92 valence electrons. The van der Waals surface area contributed by atoms with E-state index in [1.165, 1.54) is 19.4 Å². The standard InChI is InChI=1S/C11H14N2O4/c1-3-17-11(15)13-12-7-8-6-9(16-2)4-5-10(8)14/h4-7,14H,3H2,1-2H3,(H,13,15)/b12-7+. The van der Waals surface area contributed by atoms with Gasteiger partial charge in [0.15, 0.2) is 0 Å². The number of benzene rings is 1. The molecule has 1 rings (SSSR count). The summed E-state index contributed by atoms with van der Waals surface area (Å²) in [5.74, 6) is 0.626. The highest BCUT2D eigenvalue weighted by Crippen LogP contribution is 2.20. The van der Waals surface area contributed by atoms with Gasteiger partial charge >= 0.3 is 6.09 Å². The maximum atomic E-state index is 10.9. The van der Waals surface area contributed by atoms with Gasteiger partial charge in [0.2, 0.25) is 0 Å². The average Bonchev–Trinajstić information content (AvgIpc) is 2.32. The minimum atomic E-state index is -0.647. The Morgan fingerprint density at radius 2 is 2.35 bits per heavy atom. The third-order valence-electron chi connectivity index (χ3n) is 1.87. The third-order valence-corrected chi connectivity index (χ3v) is 1.87. The Hall–Kier alpha value is -2.24. The Bertz CT molecular complexity index is 418. The van der Waals surface area contributed by atoms with Crippen LogP contribution in [-0.4, -0.2) is 31.1 Å². The fourth-order valence-corrected chi connectivity index (χ4v) is 1.08. The number of hydrogen-bond acceptors (Lipinski definition) is 5. The Labute approximate surface area is 98.9 Å². The van der Waals surface area contributed by atoms with Gasteiger partial charge in [-0.2, -0.15) is 5.10 Å². The number of phenolic OH excluding ortho intramolecular Hbond substituents is 1. The van der Waals surface area contributed by atoms with Gasteiger partial charge in [-0.25, -0.2) is 10.2 Å². The van der Waals surface area contributed by atoms with Gasteiger partial charge in [-0.15, -0.1) is 0 Å². The largest absolute Gasteiger partial charge is 0.507 e.